The molecule has 3 rings (SSSR count). The Morgan fingerprint density at radius 1 is 0.758 bits per heavy atom. The first kappa shape index (κ1) is 24.0. The van der Waals surface area contributed by atoms with Crippen molar-refractivity contribution in [3.8, 4) is 45.8 Å². The Morgan fingerprint density at radius 2 is 1.21 bits per heavy atom. The van der Waals surface area contributed by atoms with E-state index >= 15 is 0 Å². The van der Waals surface area contributed by atoms with Crippen LogP contribution in [-0.2, 0) is 7.05 Å². The summed E-state index contributed by atoms with van der Waals surface area (Å²) in [6, 6.07) is 6.82. The Bertz CT molecular complexity index is 1180. The van der Waals surface area contributed by atoms with Crippen LogP contribution in [0.2, 0.25) is 0 Å². The number of benzene rings is 2. The second-order valence-corrected chi connectivity index (χ2v) is 7.54. The van der Waals surface area contributed by atoms with Crippen molar-refractivity contribution in [2.75, 3.05) is 42.7 Å². The van der Waals surface area contributed by atoms with Gasteiger partial charge in [-0.3, -0.25) is 4.79 Å². The molecule has 0 radical (unpaired) electrons. The summed E-state index contributed by atoms with van der Waals surface area (Å²) >= 11 is 1.33. The van der Waals surface area contributed by atoms with Gasteiger partial charge < -0.3 is 33.0 Å². The molecule has 33 heavy (non-hydrogen) atoms. The minimum absolute atomic E-state index is 0.312. The van der Waals surface area contributed by atoms with Gasteiger partial charge in [-0.2, -0.15) is 4.99 Å². The highest BCUT2D eigenvalue weighted by atomic mass is 32.1. The molecule has 1 aromatic heterocycles. The normalized spacial score (nSPS) is 11.2. The Labute approximate surface area is 195 Å². The Hall–Kier alpha value is -3.66. The third kappa shape index (κ3) is 4.61. The van der Waals surface area contributed by atoms with Crippen LogP contribution in [0.15, 0.2) is 34.6 Å². The van der Waals surface area contributed by atoms with Crippen molar-refractivity contribution in [3.05, 3.63) is 40.0 Å². The average molecular weight is 475 g/mol. The number of aromatic nitrogens is 1. The van der Waals surface area contributed by atoms with Crippen molar-refractivity contribution in [1.29, 1.82) is 0 Å². The number of rotatable bonds is 8. The zero-order valence-electron chi connectivity index (χ0n) is 19.5. The predicted molar refractivity (Wildman–Crippen MR) is 124 cm³/mol. The number of nitrogens with zero attached hydrogens (tertiary/aromatic N) is 2. The molecule has 1 heterocycles. The van der Waals surface area contributed by atoms with Crippen LogP contribution in [0.4, 0.5) is 0 Å². The molecule has 0 bridgehead atoms. The molecule has 3 aromatic rings. The molecule has 0 saturated heterocycles. The highest BCUT2D eigenvalue weighted by Crippen LogP contribution is 2.41. The fourth-order valence-electron chi connectivity index (χ4n) is 3.32. The molecule has 0 unspecified atom stereocenters. The molecule has 1 amide bonds. The van der Waals surface area contributed by atoms with Crippen LogP contribution in [0.1, 0.15) is 10.4 Å². The number of carbonyl (C=O) groups excluding carboxylic acids is 1. The molecular formula is C23H26N2O7S. The number of methoxy groups -OCH3 is 6. The molecule has 10 heteroatoms. The lowest BCUT2D eigenvalue weighted by Crippen LogP contribution is -2.14. The van der Waals surface area contributed by atoms with Crippen LogP contribution < -0.4 is 33.2 Å². The zero-order valence-corrected chi connectivity index (χ0v) is 20.4. The van der Waals surface area contributed by atoms with Crippen molar-refractivity contribution >= 4 is 17.2 Å². The molecule has 0 fully saturated rings. The highest BCUT2D eigenvalue weighted by Gasteiger charge is 2.18. The minimum Gasteiger partial charge on any atom is -0.493 e. The van der Waals surface area contributed by atoms with Gasteiger partial charge in [-0.25, -0.2) is 0 Å². The van der Waals surface area contributed by atoms with Gasteiger partial charge in [-0.15, -0.1) is 11.3 Å². The second kappa shape index (κ2) is 10.3. The van der Waals surface area contributed by atoms with E-state index in [2.05, 4.69) is 4.99 Å². The summed E-state index contributed by atoms with van der Waals surface area (Å²) < 4.78 is 34.1. The molecule has 0 aliphatic carbocycles. The smallest absolute Gasteiger partial charge is 0.279 e. The molecule has 176 valence electrons. The Kier molecular flexibility index (Phi) is 7.49. The van der Waals surface area contributed by atoms with Crippen molar-refractivity contribution < 1.29 is 33.2 Å². The van der Waals surface area contributed by atoms with E-state index in [1.165, 1.54) is 32.7 Å². The van der Waals surface area contributed by atoms with Crippen LogP contribution in [-0.4, -0.2) is 53.1 Å². The third-order valence-corrected chi connectivity index (χ3v) is 5.91. The van der Waals surface area contributed by atoms with Gasteiger partial charge in [-0.05, 0) is 24.3 Å². The first-order valence-electron chi connectivity index (χ1n) is 9.76. The summed E-state index contributed by atoms with van der Waals surface area (Å²) in [4.78, 5) is 17.8. The lowest BCUT2D eigenvalue weighted by atomic mass is 10.1. The number of amides is 1. The van der Waals surface area contributed by atoms with Crippen LogP contribution >= 0.6 is 11.3 Å². The van der Waals surface area contributed by atoms with E-state index in [1.54, 1.807) is 33.5 Å². The number of hydrogen-bond acceptors (Lipinski definition) is 8. The number of ether oxygens (including phenoxy) is 6. The van der Waals surface area contributed by atoms with Gasteiger partial charge in [-0.1, -0.05) is 0 Å². The largest absolute Gasteiger partial charge is 0.493 e. The van der Waals surface area contributed by atoms with Crippen LogP contribution in [0.5, 0.6) is 34.5 Å². The molecule has 0 atom stereocenters. The average Bonchev–Trinajstić information content (AvgIpc) is 3.21. The molecule has 0 saturated carbocycles. The Balaban J connectivity index is 2.06. The Morgan fingerprint density at radius 3 is 1.64 bits per heavy atom. The lowest BCUT2D eigenvalue weighted by molar-refractivity contribution is 0.0997. The topological polar surface area (TPSA) is 89.7 Å². The number of carbonyl (C=O) groups is 1. The molecule has 0 aliphatic rings. The monoisotopic (exact) mass is 474 g/mol. The summed E-state index contributed by atoms with van der Waals surface area (Å²) in [6.45, 7) is 0. The molecule has 2 aromatic carbocycles. The SMILES string of the molecule is COc1cc(C(=O)/N=c2/scc(-c3cc(OC)c(OC)c(OC)c3)n2C)cc(OC)c1OC. The van der Waals surface area contributed by atoms with E-state index in [0.717, 1.165) is 11.3 Å². The van der Waals surface area contributed by atoms with Gasteiger partial charge in [0, 0.05) is 23.6 Å². The minimum atomic E-state index is -0.442. The van der Waals surface area contributed by atoms with Gasteiger partial charge >= 0.3 is 0 Å². The van der Waals surface area contributed by atoms with E-state index in [4.69, 9.17) is 28.4 Å². The molecule has 0 N–H and O–H groups in total. The number of hydrogen-bond donors (Lipinski definition) is 0. The standard InChI is InChI=1S/C23H26N2O7S/c1-25-15(13-8-16(27-2)20(31-6)17(9-13)28-3)12-33-23(25)24-22(26)14-10-18(29-4)21(32-7)19(11-14)30-5/h8-12H,1-7H3/b24-23+. The van der Waals surface area contributed by atoms with E-state index in [0.29, 0.717) is 44.9 Å². The second-order valence-electron chi connectivity index (χ2n) is 6.71. The van der Waals surface area contributed by atoms with Crippen molar-refractivity contribution in [2.45, 2.75) is 0 Å². The molecule has 9 nitrogen and oxygen atoms in total. The van der Waals surface area contributed by atoms with Crippen molar-refractivity contribution in [3.63, 3.8) is 0 Å². The first-order valence-corrected chi connectivity index (χ1v) is 10.6. The summed E-state index contributed by atoms with van der Waals surface area (Å²) in [6.07, 6.45) is 0. The molecule has 0 spiro atoms. The van der Waals surface area contributed by atoms with Crippen LogP contribution in [0, 0.1) is 0 Å². The van der Waals surface area contributed by atoms with E-state index in [1.807, 2.05) is 29.1 Å². The maximum absolute atomic E-state index is 13.0. The van der Waals surface area contributed by atoms with Crippen molar-refractivity contribution in [2.24, 2.45) is 12.0 Å². The quantitative estimate of drug-likeness (QED) is 0.493. The predicted octanol–water partition coefficient (Wildman–Crippen LogP) is 3.55. The lowest BCUT2D eigenvalue weighted by Gasteiger charge is -2.14. The van der Waals surface area contributed by atoms with E-state index < -0.39 is 5.91 Å². The fourth-order valence-corrected chi connectivity index (χ4v) is 4.22. The van der Waals surface area contributed by atoms with Crippen LogP contribution in [0.25, 0.3) is 11.3 Å². The first-order chi connectivity index (χ1) is 15.9. The molecular weight excluding hydrogens is 448 g/mol. The maximum atomic E-state index is 13.0. The third-order valence-electron chi connectivity index (χ3n) is 4.99. The van der Waals surface area contributed by atoms with Gasteiger partial charge in [0.1, 0.15) is 0 Å². The van der Waals surface area contributed by atoms with Gasteiger partial charge in [0.15, 0.2) is 27.8 Å². The van der Waals surface area contributed by atoms with Gasteiger partial charge in [0.05, 0.1) is 48.4 Å². The summed E-state index contributed by atoms with van der Waals surface area (Å²) in [5.41, 5.74) is 1.97. The van der Waals surface area contributed by atoms with Gasteiger partial charge in [0.2, 0.25) is 11.5 Å². The van der Waals surface area contributed by atoms with E-state index in [-0.39, 0.29) is 0 Å². The zero-order chi connectivity index (χ0) is 24.1. The van der Waals surface area contributed by atoms with Crippen molar-refractivity contribution in [1.82, 2.24) is 4.57 Å². The molecule has 0 aliphatic heterocycles. The summed E-state index contributed by atoms with van der Waals surface area (Å²) in [5, 5.41) is 1.90. The van der Waals surface area contributed by atoms with Crippen LogP contribution in [0.3, 0.4) is 0 Å². The summed E-state index contributed by atoms with van der Waals surface area (Å²) in [7, 11) is 11.0. The maximum Gasteiger partial charge on any atom is 0.279 e. The fraction of sp³-hybridized carbons (Fsp3) is 0.304. The summed E-state index contributed by atoms with van der Waals surface area (Å²) in [5.74, 6) is 2.29. The number of thiazole rings is 1. The van der Waals surface area contributed by atoms with Gasteiger partial charge in [0.25, 0.3) is 5.91 Å². The highest BCUT2D eigenvalue weighted by molar-refractivity contribution is 7.07. The van der Waals surface area contributed by atoms with E-state index in [9.17, 15) is 4.79 Å².